The highest BCUT2D eigenvalue weighted by molar-refractivity contribution is 7.92. The van der Waals surface area contributed by atoms with E-state index in [-0.39, 0.29) is 17.4 Å². The van der Waals surface area contributed by atoms with Crippen LogP contribution < -0.4 is 5.73 Å². The second-order valence-corrected chi connectivity index (χ2v) is 5.31. The average molecular weight is 292 g/mol. The van der Waals surface area contributed by atoms with Gasteiger partial charge < -0.3 is 5.73 Å². The summed E-state index contributed by atoms with van der Waals surface area (Å²) >= 11 is 5.50. The molecule has 2 N–H and O–H groups in total. The van der Waals surface area contributed by atoms with E-state index in [4.69, 9.17) is 17.3 Å². The molecule has 0 aliphatic heterocycles. The van der Waals surface area contributed by atoms with Gasteiger partial charge in [-0.25, -0.2) is 8.42 Å². The third-order valence-electron chi connectivity index (χ3n) is 1.75. The molecule has 8 heteroatoms. The Morgan fingerprint density at radius 1 is 1.25 bits per heavy atom. The van der Waals surface area contributed by atoms with Gasteiger partial charge in [-0.1, -0.05) is 11.6 Å². The first-order chi connectivity index (χ1) is 6.81. The number of benzene rings is 1. The van der Waals surface area contributed by atoms with Gasteiger partial charge >= 0.3 is 5.25 Å². The van der Waals surface area contributed by atoms with Gasteiger partial charge in [0.1, 0.15) is 0 Å². The molecule has 0 bridgehead atoms. The summed E-state index contributed by atoms with van der Waals surface area (Å²) in [5.74, 6) is 0. The van der Waals surface area contributed by atoms with Gasteiger partial charge in [-0.05, 0) is 24.3 Å². The maximum absolute atomic E-state index is 13.0. The predicted octanol–water partition coefficient (Wildman–Crippen LogP) is 2.09. The van der Waals surface area contributed by atoms with Gasteiger partial charge in [0.05, 0.1) is 11.4 Å². The largest absolute Gasteiger partial charge is 0.361 e. The summed E-state index contributed by atoms with van der Waals surface area (Å²) < 4.78 is 48.6. The van der Waals surface area contributed by atoms with E-state index in [2.05, 4.69) is 0 Å². The third kappa shape index (κ3) is 2.82. The highest BCUT2D eigenvalue weighted by Gasteiger charge is 2.44. The summed E-state index contributed by atoms with van der Waals surface area (Å²) in [6.45, 7) is -1.25. The van der Waals surface area contributed by atoms with Gasteiger partial charge in [-0.2, -0.15) is 8.78 Å². The minimum absolute atomic E-state index is 0. The molecule has 1 aromatic rings. The Balaban J connectivity index is 0.00000225. The number of alkyl halides is 2. The molecule has 0 radical (unpaired) electrons. The van der Waals surface area contributed by atoms with Crippen LogP contribution in [-0.2, 0) is 9.84 Å². The van der Waals surface area contributed by atoms with Crippen LogP contribution in [0.3, 0.4) is 0 Å². The van der Waals surface area contributed by atoms with Crippen LogP contribution in [0.5, 0.6) is 0 Å². The number of hydrogen-bond donors (Lipinski definition) is 1. The maximum Gasteiger partial charge on any atom is 0.361 e. The monoisotopic (exact) mass is 291 g/mol. The van der Waals surface area contributed by atoms with Crippen molar-refractivity contribution in [1.82, 2.24) is 0 Å². The maximum atomic E-state index is 13.0. The molecule has 1 rings (SSSR count). The second-order valence-electron chi connectivity index (χ2n) is 2.80. The van der Waals surface area contributed by atoms with Crippen LogP contribution >= 0.6 is 24.0 Å². The number of hydrogen-bond acceptors (Lipinski definition) is 3. The lowest BCUT2D eigenvalue weighted by Gasteiger charge is -2.14. The Kier molecular flexibility index (Phi) is 5.13. The van der Waals surface area contributed by atoms with E-state index >= 15 is 0 Å². The van der Waals surface area contributed by atoms with Crippen LogP contribution in [0.2, 0.25) is 5.02 Å². The van der Waals surface area contributed by atoms with Crippen molar-refractivity contribution >= 4 is 33.8 Å². The molecular weight excluding hydrogens is 283 g/mol. The van der Waals surface area contributed by atoms with Crippen molar-refractivity contribution in [2.24, 2.45) is 5.73 Å². The molecule has 0 spiro atoms. The van der Waals surface area contributed by atoms with Crippen molar-refractivity contribution in [3.63, 3.8) is 0 Å². The topological polar surface area (TPSA) is 60.2 Å². The third-order valence-corrected chi connectivity index (χ3v) is 3.85. The molecular formula is C8H9Cl2F2NO2S. The van der Waals surface area contributed by atoms with Crippen molar-refractivity contribution in [2.45, 2.75) is 10.2 Å². The molecule has 92 valence electrons. The second kappa shape index (κ2) is 5.27. The Bertz CT molecular complexity index is 448. The van der Waals surface area contributed by atoms with Crippen molar-refractivity contribution < 1.29 is 17.2 Å². The number of nitrogens with two attached hydrogens (primary N) is 1. The Morgan fingerprint density at radius 2 is 1.69 bits per heavy atom. The van der Waals surface area contributed by atoms with E-state index in [0.29, 0.717) is 0 Å². The molecule has 3 nitrogen and oxygen atoms in total. The number of rotatable bonds is 3. The molecule has 0 atom stereocenters. The van der Waals surface area contributed by atoms with E-state index < -0.39 is 26.5 Å². The van der Waals surface area contributed by atoms with Gasteiger partial charge in [-0.3, -0.25) is 0 Å². The van der Waals surface area contributed by atoms with E-state index in [1.807, 2.05) is 0 Å². The van der Waals surface area contributed by atoms with E-state index in [1.54, 1.807) is 0 Å². The Morgan fingerprint density at radius 3 is 2.06 bits per heavy atom. The quantitative estimate of drug-likeness (QED) is 0.928. The fourth-order valence-electron chi connectivity index (χ4n) is 0.896. The fourth-order valence-corrected chi connectivity index (χ4v) is 2.08. The molecule has 0 saturated heterocycles. The van der Waals surface area contributed by atoms with E-state index in [0.717, 1.165) is 12.1 Å². The molecule has 0 fully saturated rings. The van der Waals surface area contributed by atoms with Gasteiger partial charge in [-0.15, -0.1) is 12.4 Å². The summed E-state index contributed by atoms with van der Waals surface area (Å²) in [5, 5.41) is -3.69. The smallest absolute Gasteiger partial charge is 0.324 e. The lowest BCUT2D eigenvalue weighted by atomic mass is 10.4. The molecule has 16 heavy (non-hydrogen) atoms. The van der Waals surface area contributed by atoms with Crippen molar-refractivity contribution in [1.29, 1.82) is 0 Å². The number of halogens is 4. The van der Waals surface area contributed by atoms with Gasteiger partial charge in [0.25, 0.3) is 0 Å². The predicted molar refractivity (Wildman–Crippen MR) is 59.9 cm³/mol. The summed E-state index contributed by atoms with van der Waals surface area (Å²) in [4.78, 5) is -0.498. The summed E-state index contributed by atoms with van der Waals surface area (Å²) in [7, 11) is -4.72. The van der Waals surface area contributed by atoms with Crippen LogP contribution in [0, 0.1) is 0 Å². The SMILES string of the molecule is Cl.NCC(F)(F)S(=O)(=O)c1ccc(Cl)cc1. The van der Waals surface area contributed by atoms with Crippen LogP contribution in [0.25, 0.3) is 0 Å². The molecule has 1 aromatic carbocycles. The summed E-state index contributed by atoms with van der Waals surface area (Å²) in [6, 6.07) is 4.48. The fraction of sp³-hybridized carbons (Fsp3) is 0.250. The highest BCUT2D eigenvalue weighted by atomic mass is 35.5. The minimum atomic E-state index is -4.72. The van der Waals surface area contributed by atoms with Crippen LogP contribution in [-0.4, -0.2) is 20.2 Å². The lowest BCUT2D eigenvalue weighted by Crippen LogP contribution is -2.36. The highest BCUT2D eigenvalue weighted by Crippen LogP contribution is 2.28. The van der Waals surface area contributed by atoms with E-state index in [1.165, 1.54) is 12.1 Å². The van der Waals surface area contributed by atoms with Crippen LogP contribution in [0.1, 0.15) is 0 Å². The average Bonchev–Trinajstić information content (AvgIpc) is 2.18. The Hall–Kier alpha value is -0.430. The number of sulfone groups is 1. The van der Waals surface area contributed by atoms with Crippen LogP contribution in [0.15, 0.2) is 29.2 Å². The van der Waals surface area contributed by atoms with E-state index in [9.17, 15) is 17.2 Å². The molecule has 0 amide bonds. The summed E-state index contributed by atoms with van der Waals surface area (Å²) in [5.41, 5.74) is 4.70. The zero-order chi connectivity index (χ0) is 11.7. The molecule has 0 heterocycles. The first-order valence-electron chi connectivity index (χ1n) is 3.89. The van der Waals surface area contributed by atoms with Crippen molar-refractivity contribution in [3.8, 4) is 0 Å². The molecule has 0 aliphatic carbocycles. The lowest BCUT2D eigenvalue weighted by molar-refractivity contribution is 0.102. The first kappa shape index (κ1) is 15.6. The summed E-state index contributed by atoms with van der Waals surface area (Å²) in [6.07, 6.45) is 0. The van der Waals surface area contributed by atoms with Gasteiger partial charge in [0, 0.05) is 5.02 Å². The van der Waals surface area contributed by atoms with Gasteiger partial charge in [0.15, 0.2) is 0 Å². The molecule has 0 aliphatic rings. The van der Waals surface area contributed by atoms with Crippen molar-refractivity contribution in [3.05, 3.63) is 29.3 Å². The van der Waals surface area contributed by atoms with Crippen molar-refractivity contribution in [2.75, 3.05) is 6.54 Å². The molecule has 0 unspecified atom stereocenters. The van der Waals surface area contributed by atoms with Gasteiger partial charge in [0.2, 0.25) is 9.84 Å². The normalized spacial score (nSPS) is 12.0. The van der Waals surface area contributed by atoms with Crippen LogP contribution in [0.4, 0.5) is 8.78 Å². The first-order valence-corrected chi connectivity index (χ1v) is 5.75. The zero-order valence-corrected chi connectivity index (χ0v) is 10.2. The minimum Gasteiger partial charge on any atom is -0.324 e. The zero-order valence-electron chi connectivity index (χ0n) is 7.86. The Labute approximate surface area is 103 Å². The molecule has 0 aromatic heterocycles. The molecule has 0 saturated carbocycles. The standard InChI is InChI=1S/C8H8ClF2NO2S.ClH/c9-6-1-3-7(4-2-6)15(13,14)8(10,11)5-12;/h1-4H,5,12H2;1H.